The van der Waals surface area contributed by atoms with Gasteiger partial charge in [-0.2, -0.15) is 5.10 Å². The van der Waals surface area contributed by atoms with Gasteiger partial charge in [-0.05, 0) is 43.7 Å². The third kappa shape index (κ3) is 5.18. The van der Waals surface area contributed by atoms with Crippen LogP contribution in [0.15, 0.2) is 18.5 Å². The van der Waals surface area contributed by atoms with Crippen LogP contribution in [0.2, 0.25) is 0 Å². The maximum atomic E-state index is 12.7. The van der Waals surface area contributed by atoms with E-state index in [9.17, 15) is 14.7 Å². The number of nitrogen functional groups attached to an aromatic ring is 1. The molecule has 0 aromatic carbocycles. The van der Waals surface area contributed by atoms with Crippen molar-refractivity contribution in [2.75, 3.05) is 12.3 Å². The number of carbonyl (C=O) groups excluding carboxylic acids is 2. The summed E-state index contributed by atoms with van der Waals surface area (Å²) in [4.78, 5) is 29.3. The van der Waals surface area contributed by atoms with E-state index in [4.69, 9.17) is 25.7 Å². The van der Waals surface area contributed by atoms with Gasteiger partial charge in [0.25, 0.3) is 0 Å². The van der Waals surface area contributed by atoms with E-state index in [1.54, 1.807) is 32.9 Å². The average molecular weight is 504 g/mol. The van der Waals surface area contributed by atoms with E-state index in [1.807, 2.05) is 0 Å². The van der Waals surface area contributed by atoms with Crippen molar-refractivity contribution in [3.8, 4) is 0 Å². The third-order valence-electron chi connectivity index (χ3n) is 7.46. The van der Waals surface area contributed by atoms with Crippen molar-refractivity contribution < 1.29 is 28.9 Å². The van der Waals surface area contributed by atoms with Gasteiger partial charge < -0.3 is 30.8 Å². The first-order valence-electron chi connectivity index (χ1n) is 12.7. The molecule has 0 spiro atoms. The van der Waals surface area contributed by atoms with Crippen LogP contribution in [0.3, 0.4) is 0 Å². The number of aliphatic hydroxyl groups is 1. The van der Waals surface area contributed by atoms with Gasteiger partial charge in [-0.3, -0.25) is 9.59 Å². The van der Waals surface area contributed by atoms with Gasteiger partial charge in [-0.1, -0.05) is 33.1 Å². The van der Waals surface area contributed by atoms with Crippen molar-refractivity contribution in [2.45, 2.75) is 89.3 Å². The molecule has 11 heteroatoms. The molecule has 2 aliphatic rings. The Kier molecular flexibility index (Phi) is 7.82. The summed E-state index contributed by atoms with van der Waals surface area (Å²) in [6.07, 6.45) is 3.83. The number of carbonyl (C=O) groups is 2. The van der Waals surface area contributed by atoms with Gasteiger partial charge in [0.1, 0.15) is 42.3 Å². The van der Waals surface area contributed by atoms with Crippen LogP contribution in [0.25, 0.3) is 5.52 Å². The van der Waals surface area contributed by atoms with E-state index >= 15 is 0 Å². The van der Waals surface area contributed by atoms with E-state index in [-0.39, 0.29) is 24.3 Å². The Morgan fingerprint density at radius 1 is 1.28 bits per heavy atom. The first kappa shape index (κ1) is 26.3. The zero-order valence-electron chi connectivity index (χ0n) is 21.1. The molecule has 1 saturated heterocycles. The number of fused-ring (bicyclic) bond motifs is 1. The highest BCUT2D eigenvalue weighted by atomic mass is 16.6. The molecule has 1 saturated carbocycles. The lowest BCUT2D eigenvalue weighted by atomic mass is 9.87. The predicted octanol–water partition coefficient (Wildman–Crippen LogP) is 1.70. The van der Waals surface area contributed by atoms with Crippen molar-refractivity contribution in [1.82, 2.24) is 14.6 Å². The Morgan fingerprint density at radius 3 is 2.69 bits per heavy atom. The number of anilines is 1. The number of aromatic nitrogens is 3. The third-order valence-corrected chi connectivity index (χ3v) is 7.46. The topological polar surface area (TPSA) is 164 Å². The van der Waals surface area contributed by atoms with E-state index in [1.165, 1.54) is 17.3 Å². The molecule has 4 rings (SSSR count). The maximum absolute atomic E-state index is 12.7. The molecule has 198 valence electrons. The Balaban J connectivity index is 1.55. The largest absolute Gasteiger partial charge is 0.463 e. The Bertz CT molecular complexity index is 1080. The molecular formula is C25H37N5O6. The molecule has 2 fully saturated rings. The van der Waals surface area contributed by atoms with Crippen molar-refractivity contribution >= 4 is 23.3 Å². The van der Waals surface area contributed by atoms with Crippen LogP contribution in [-0.2, 0) is 29.4 Å². The van der Waals surface area contributed by atoms with Gasteiger partial charge in [-0.25, -0.2) is 9.50 Å². The van der Waals surface area contributed by atoms with Gasteiger partial charge in [0.05, 0.1) is 5.69 Å². The molecule has 2 aromatic heterocycles. The summed E-state index contributed by atoms with van der Waals surface area (Å²) in [5, 5.41) is 15.7. The second-order valence-corrected chi connectivity index (χ2v) is 10.4. The summed E-state index contributed by atoms with van der Waals surface area (Å²) < 4.78 is 19.0. The molecule has 1 aliphatic heterocycles. The molecule has 0 unspecified atom stereocenters. The fourth-order valence-electron chi connectivity index (χ4n) is 5.12. The molecule has 0 amide bonds. The highest BCUT2D eigenvalue weighted by Gasteiger charge is 2.56. The lowest BCUT2D eigenvalue weighted by Gasteiger charge is -2.28. The van der Waals surface area contributed by atoms with Crippen molar-refractivity contribution in [1.29, 1.82) is 0 Å². The van der Waals surface area contributed by atoms with Crippen LogP contribution in [0.5, 0.6) is 0 Å². The molecule has 11 nitrogen and oxygen atoms in total. The van der Waals surface area contributed by atoms with Gasteiger partial charge in [0.15, 0.2) is 11.9 Å². The van der Waals surface area contributed by atoms with Crippen LogP contribution >= 0.6 is 0 Å². The van der Waals surface area contributed by atoms with Gasteiger partial charge >= 0.3 is 11.9 Å². The van der Waals surface area contributed by atoms with Crippen molar-refractivity contribution in [2.24, 2.45) is 17.6 Å². The smallest absolute Gasteiger partial charge is 0.323 e. The van der Waals surface area contributed by atoms with E-state index < -0.39 is 35.9 Å². The second-order valence-electron chi connectivity index (χ2n) is 10.4. The molecule has 1 aliphatic carbocycles. The summed E-state index contributed by atoms with van der Waals surface area (Å²) >= 11 is 0. The highest BCUT2D eigenvalue weighted by molar-refractivity contribution is 5.76. The molecule has 5 N–H and O–H groups in total. The van der Waals surface area contributed by atoms with Gasteiger partial charge in [0.2, 0.25) is 0 Å². The van der Waals surface area contributed by atoms with Crippen LogP contribution in [-0.4, -0.2) is 62.6 Å². The first-order valence-corrected chi connectivity index (χ1v) is 12.7. The van der Waals surface area contributed by atoms with Crippen molar-refractivity contribution in [3.63, 3.8) is 0 Å². The normalized spacial score (nSPS) is 27.9. The molecule has 0 radical (unpaired) electrons. The minimum atomic E-state index is -1.35. The average Bonchev–Trinajstić information content (AvgIpc) is 3.39. The summed E-state index contributed by atoms with van der Waals surface area (Å²) in [6.45, 7) is 5.11. The fraction of sp³-hybridized carbons (Fsp3) is 0.680. The van der Waals surface area contributed by atoms with E-state index in [0.717, 1.165) is 25.7 Å². The fourth-order valence-corrected chi connectivity index (χ4v) is 5.12. The zero-order valence-corrected chi connectivity index (χ0v) is 21.1. The second kappa shape index (κ2) is 10.7. The predicted molar refractivity (Wildman–Crippen MR) is 130 cm³/mol. The number of ether oxygens (including phenoxy) is 3. The van der Waals surface area contributed by atoms with E-state index in [0.29, 0.717) is 23.5 Å². The summed E-state index contributed by atoms with van der Waals surface area (Å²) in [7, 11) is 0. The number of hydrogen-bond acceptors (Lipinski definition) is 10. The van der Waals surface area contributed by atoms with E-state index in [2.05, 4.69) is 10.1 Å². The number of aliphatic hydroxyl groups excluding tert-OH is 1. The van der Waals surface area contributed by atoms with Crippen LogP contribution < -0.4 is 11.5 Å². The Labute approximate surface area is 210 Å². The monoisotopic (exact) mass is 503 g/mol. The molecule has 3 heterocycles. The SMILES string of the molecule is CC(C)[C@H](N)C(=O)O[C@H]1[C@@H](O)[C@](C)(c2ccc3c(N)ncnn23)O[C@@H]1COC(=O)CC1CCCCC1. The van der Waals surface area contributed by atoms with Gasteiger partial charge in [0, 0.05) is 6.42 Å². The quantitative estimate of drug-likeness (QED) is 0.451. The summed E-state index contributed by atoms with van der Waals surface area (Å²) in [5.74, 6) is -0.560. The molecule has 36 heavy (non-hydrogen) atoms. The van der Waals surface area contributed by atoms with Crippen LogP contribution in [0, 0.1) is 11.8 Å². The number of esters is 2. The molecular weight excluding hydrogens is 466 g/mol. The highest BCUT2D eigenvalue weighted by Crippen LogP contribution is 2.42. The Morgan fingerprint density at radius 2 is 2.00 bits per heavy atom. The first-order chi connectivity index (χ1) is 17.1. The number of rotatable bonds is 8. The van der Waals surface area contributed by atoms with Crippen LogP contribution in [0.1, 0.15) is 65.0 Å². The number of hydrogen-bond donors (Lipinski definition) is 3. The lowest BCUT2D eigenvalue weighted by Crippen LogP contribution is -2.46. The summed E-state index contributed by atoms with van der Waals surface area (Å²) in [5.41, 5.74) is 11.6. The molecule has 2 aromatic rings. The Hall–Kier alpha value is -2.76. The maximum Gasteiger partial charge on any atom is 0.323 e. The number of nitrogens with zero attached hydrogens (tertiary/aromatic N) is 3. The lowest BCUT2D eigenvalue weighted by molar-refractivity contribution is -0.162. The van der Waals surface area contributed by atoms with Crippen molar-refractivity contribution in [3.05, 3.63) is 24.2 Å². The number of nitrogens with two attached hydrogens (primary N) is 2. The summed E-state index contributed by atoms with van der Waals surface area (Å²) in [6, 6.07) is 2.57. The minimum Gasteiger partial charge on any atom is -0.463 e. The van der Waals surface area contributed by atoms with Gasteiger partial charge in [-0.15, -0.1) is 0 Å². The molecule has 0 bridgehead atoms. The zero-order chi connectivity index (χ0) is 26.0. The standard InChI is InChI=1S/C25H37N5O6/c1-14(2)20(26)24(33)35-21-17(12-34-19(31)11-15-7-5-4-6-8-15)36-25(3,22(21)32)18-10-9-16-23(27)28-13-29-30(16)18/h9-10,13-15,17,20-22,32H,4-8,11-12,26H2,1-3H3,(H2,27,28,29)/t17-,20+,21-,22-,25+/m1/s1. The van der Waals surface area contributed by atoms with Crippen LogP contribution in [0.4, 0.5) is 5.82 Å². The molecule has 5 atom stereocenters. The minimum absolute atomic E-state index is 0.163.